The van der Waals surface area contributed by atoms with Crippen LogP contribution < -0.4 is 5.32 Å². The number of amides is 1. The highest BCUT2D eigenvalue weighted by molar-refractivity contribution is 9.09. The average Bonchev–Trinajstić information content (AvgIpc) is 2.94. The molecule has 2 atom stereocenters. The smallest absolute Gasteiger partial charge is 0.256 e. The molecule has 17 heavy (non-hydrogen) atoms. The highest BCUT2D eigenvalue weighted by atomic mass is 79.9. The maximum atomic E-state index is 11.8. The van der Waals surface area contributed by atoms with Crippen molar-refractivity contribution in [2.75, 3.05) is 11.9 Å². The van der Waals surface area contributed by atoms with Crippen LogP contribution in [0.25, 0.3) is 0 Å². The minimum atomic E-state index is -0.149. The molecule has 2 unspecified atom stereocenters. The van der Waals surface area contributed by atoms with Crippen LogP contribution in [0.15, 0.2) is 16.7 Å². The molecule has 0 saturated heterocycles. The Bertz CT molecular complexity index is 394. The summed E-state index contributed by atoms with van der Waals surface area (Å²) in [5, 5.41) is 4.10. The number of rotatable bonds is 4. The molecule has 0 spiro atoms. The van der Waals surface area contributed by atoms with E-state index in [1.165, 1.54) is 25.5 Å². The van der Waals surface area contributed by atoms with E-state index in [1.54, 1.807) is 6.07 Å². The van der Waals surface area contributed by atoms with Gasteiger partial charge in [-0.1, -0.05) is 22.4 Å². The summed E-state index contributed by atoms with van der Waals surface area (Å²) in [6.45, 7) is 0.719. The van der Waals surface area contributed by atoms with Gasteiger partial charge in [-0.2, -0.15) is 0 Å². The summed E-state index contributed by atoms with van der Waals surface area (Å²) in [6.07, 6.45) is 5.12. The van der Waals surface area contributed by atoms with E-state index in [0.717, 1.165) is 11.9 Å². The van der Waals surface area contributed by atoms with E-state index in [1.807, 2.05) is 0 Å². The van der Waals surface area contributed by atoms with Crippen LogP contribution in [0, 0.1) is 11.8 Å². The molecule has 1 N–H and O–H groups in total. The number of furan rings is 1. The largest absolute Gasteiger partial charge is 0.452 e. The number of halogens is 2. The molecule has 1 fully saturated rings. The van der Waals surface area contributed by atoms with Gasteiger partial charge in [0.2, 0.25) is 5.22 Å². The highest BCUT2D eigenvalue weighted by Crippen LogP contribution is 2.32. The molecule has 1 aliphatic rings. The maximum absolute atomic E-state index is 11.8. The molecule has 0 radical (unpaired) electrons. The number of carbonyl (C=O) groups is 1. The van der Waals surface area contributed by atoms with Crippen LogP contribution in [0.2, 0.25) is 5.22 Å². The molecule has 0 aromatic carbocycles. The monoisotopic (exact) mass is 319 g/mol. The van der Waals surface area contributed by atoms with E-state index in [9.17, 15) is 4.79 Å². The first kappa shape index (κ1) is 13.0. The minimum absolute atomic E-state index is 0.149. The summed E-state index contributed by atoms with van der Waals surface area (Å²) in [7, 11) is 0. The van der Waals surface area contributed by atoms with Crippen molar-refractivity contribution < 1.29 is 9.21 Å². The topological polar surface area (TPSA) is 42.2 Å². The molecule has 1 heterocycles. The lowest BCUT2D eigenvalue weighted by Gasteiger charge is -2.17. The van der Waals surface area contributed by atoms with Crippen molar-refractivity contribution in [2.24, 2.45) is 11.8 Å². The number of hydrogen-bond acceptors (Lipinski definition) is 2. The van der Waals surface area contributed by atoms with Gasteiger partial charge in [0.05, 0.1) is 11.8 Å². The zero-order chi connectivity index (χ0) is 12.3. The van der Waals surface area contributed by atoms with Gasteiger partial charge in [-0.3, -0.25) is 4.79 Å². The quantitative estimate of drug-likeness (QED) is 0.863. The Labute approximate surface area is 114 Å². The van der Waals surface area contributed by atoms with E-state index in [0.29, 0.717) is 17.4 Å². The Morgan fingerprint density at radius 2 is 2.29 bits per heavy atom. The Balaban J connectivity index is 1.86. The fraction of sp³-hybridized carbons (Fsp3) is 0.583. The molecule has 0 aliphatic heterocycles. The minimum Gasteiger partial charge on any atom is -0.452 e. The van der Waals surface area contributed by atoms with Gasteiger partial charge in [0.25, 0.3) is 5.91 Å². The van der Waals surface area contributed by atoms with Gasteiger partial charge in [0.15, 0.2) is 0 Å². The van der Waals surface area contributed by atoms with E-state index >= 15 is 0 Å². The molecule has 94 valence electrons. The SMILES string of the molecule is O=C(NCC1CCCC1CBr)c1ccoc1Cl. The van der Waals surface area contributed by atoms with E-state index in [-0.39, 0.29) is 11.1 Å². The van der Waals surface area contributed by atoms with Crippen molar-refractivity contribution in [2.45, 2.75) is 19.3 Å². The normalized spacial score (nSPS) is 23.9. The van der Waals surface area contributed by atoms with Crippen molar-refractivity contribution in [1.29, 1.82) is 0 Å². The van der Waals surface area contributed by atoms with Crippen LogP contribution in [0.1, 0.15) is 29.6 Å². The second-order valence-electron chi connectivity index (χ2n) is 4.42. The van der Waals surface area contributed by atoms with E-state index in [2.05, 4.69) is 21.2 Å². The fourth-order valence-corrected chi connectivity index (χ4v) is 3.41. The predicted molar refractivity (Wildman–Crippen MR) is 70.7 cm³/mol. The van der Waals surface area contributed by atoms with Crippen molar-refractivity contribution >= 4 is 33.4 Å². The van der Waals surface area contributed by atoms with Crippen LogP contribution in [0.4, 0.5) is 0 Å². The Morgan fingerprint density at radius 3 is 2.94 bits per heavy atom. The Morgan fingerprint density at radius 1 is 1.53 bits per heavy atom. The molecular formula is C12H15BrClNO2. The van der Waals surface area contributed by atoms with Gasteiger partial charge < -0.3 is 9.73 Å². The maximum Gasteiger partial charge on any atom is 0.256 e. The third-order valence-corrected chi connectivity index (χ3v) is 4.53. The molecular weight excluding hydrogens is 305 g/mol. The zero-order valence-electron chi connectivity index (χ0n) is 9.42. The first-order valence-electron chi connectivity index (χ1n) is 5.79. The first-order valence-corrected chi connectivity index (χ1v) is 7.29. The summed E-state index contributed by atoms with van der Waals surface area (Å²) in [5.41, 5.74) is 0.417. The summed E-state index contributed by atoms with van der Waals surface area (Å²) in [4.78, 5) is 11.8. The number of carbonyl (C=O) groups excluding carboxylic acids is 1. The van der Waals surface area contributed by atoms with Crippen molar-refractivity contribution in [1.82, 2.24) is 5.32 Å². The van der Waals surface area contributed by atoms with Gasteiger partial charge in [0, 0.05) is 11.9 Å². The van der Waals surface area contributed by atoms with Gasteiger partial charge >= 0.3 is 0 Å². The molecule has 2 rings (SSSR count). The lowest BCUT2D eigenvalue weighted by Crippen LogP contribution is -2.31. The van der Waals surface area contributed by atoms with Crippen LogP contribution in [0.5, 0.6) is 0 Å². The van der Waals surface area contributed by atoms with Crippen molar-refractivity contribution in [3.05, 3.63) is 23.1 Å². The highest BCUT2D eigenvalue weighted by Gasteiger charge is 2.26. The van der Waals surface area contributed by atoms with Gasteiger partial charge in [0.1, 0.15) is 0 Å². The lowest BCUT2D eigenvalue weighted by atomic mass is 9.98. The second kappa shape index (κ2) is 5.91. The lowest BCUT2D eigenvalue weighted by molar-refractivity contribution is 0.0944. The first-order chi connectivity index (χ1) is 8.22. The van der Waals surface area contributed by atoms with E-state index < -0.39 is 0 Å². The Kier molecular flexibility index (Phi) is 4.51. The van der Waals surface area contributed by atoms with Crippen LogP contribution in [0.3, 0.4) is 0 Å². The number of nitrogens with one attached hydrogen (secondary N) is 1. The third kappa shape index (κ3) is 3.05. The van der Waals surface area contributed by atoms with Gasteiger partial charge in [-0.05, 0) is 42.3 Å². The zero-order valence-corrected chi connectivity index (χ0v) is 11.8. The predicted octanol–water partition coefficient (Wildman–Crippen LogP) is 3.47. The summed E-state index contributed by atoms with van der Waals surface area (Å²) in [5.74, 6) is 1.10. The van der Waals surface area contributed by atoms with Crippen molar-refractivity contribution in [3.63, 3.8) is 0 Å². The molecule has 0 bridgehead atoms. The van der Waals surface area contributed by atoms with Gasteiger partial charge in [-0.25, -0.2) is 0 Å². The number of hydrogen-bond donors (Lipinski definition) is 1. The van der Waals surface area contributed by atoms with Crippen LogP contribution in [-0.4, -0.2) is 17.8 Å². The second-order valence-corrected chi connectivity index (χ2v) is 5.41. The van der Waals surface area contributed by atoms with Crippen LogP contribution >= 0.6 is 27.5 Å². The number of alkyl halides is 1. The molecule has 1 aromatic rings. The molecule has 1 amide bonds. The molecule has 1 aliphatic carbocycles. The Hall–Kier alpha value is -0.480. The molecule has 3 nitrogen and oxygen atoms in total. The molecule has 1 saturated carbocycles. The molecule has 1 aromatic heterocycles. The summed E-state index contributed by atoms with van der Waals surface area (Å²) in [6, 6.07) is 1.59. The summed E-state index contributed by atoms with van der Waals surface area (Å²) >= 11 is 9.28. The van der Waals surface area contributed by atoms with Gasteiger partial charge in [-0.15, -0.1) is 0 Å². The van der Waals surface area contributed by atoms with E-state index in [4.69, 9.17) is 16.0 Å². The molecule has 5 heteroatoms. The summed E-state index contributed by atoms with van der Waals surface area (Å²) < 4.78 is 4.90. The van der Waals surface area contributed by atoms with Crippen LogP contribution in [-0.2, 0) is 0 Å². The standard InChI is InChI=1S/C12H15BrClNO2/c13-6-8-2-1-3-9(8)7-15-12(16)10-4-5-17-11(10)14/h4-5,8-9H,1-3,6-7H2,(H,15,16). The van der Waals surface area contributed by atoms with Crippen molar-refractivity contribution in [3.8, 4) is 0 Å². The fourth-order valence-electron chi connectivity index (χ4n) is 2.36. The average molecular weight is 321 g/mol. The third-order valence-electron chi connectivity index (χ3n) is 3.40.